The Bertz CT molecular complexity index is 1730. The summed E-state index contributed by atoms with van der Waals surface area (Å²) in [6.45, 7) is 15.3. The summed E-state index contributed by atoms with van der Waals surface area (Å²) in [4.78, 5) is 32.2. The van der Waals surface area contributed by atoms with Gasteiger partial charge >= 0.3 is 6.09 Å². The van der Waals surface area contributed by atoms with Gasteiger partial charge < -0.3 is 24.2 Å². The lowest BCUT2D eigenvalue weighted by molar-refractivity contribution is -0.140. The Labute approximate surface area is 294 Å². The van der Waals surface area contributed by atoms with Gasteiger partial charge in [-0.1, -0.05) is 19.6 Å². The van der Waals surface area contributed by atoms with Gasteiger partial charge in [0.05, 0.1) is 18.8 Å². The van der Waals surface area contributed by atoms with Crippen LogP contribution in [0.4, 0.5) is 25.1 Å². The van der Waals surface area contributed by atoms with E-state index in [0.29, 0.717) is 74.9 Å². The van der Waals surface area contributed by atoms with Crippen LogP contribution in [0.15, 0.2) is 24.5 Å². The second kappa shape index (κ2) is 14.1. The number of amides is 2. The van der Waals surface area contributed by atoms with E-state index in [4.69, 9.17) is 14.6 Å². The van der Waals surface area contributed by atoms with E-state index in [1.54, 1.807) is 40.0 Å². The van der Waals surface area contributed by atoms with Crippen LogP contribution in [0.3, 0.4) is 0 Å². The van der Waals surface area contributed by atoms with Gasteiger partial charge in [-0.05, 0) is 69.3 Å². The van der Waals surface area contributed by atoms with Crippen molar-refractivity contribution in [1.82, 2.24) is 29.4 Å². The highest BCUT2D eigenvalue weighted by molar-refractivity contribution is 6.76. The molecule has 3 aliphatic heterocycles. The number of fused-ring (bicyclic) bond motifs is 2. The number of halogens is 2. The minimum Gasteiger partial charge on any atom is -0.444 e. The highest BCUT2D eigenvalue weighted by atomic mass is 28.3. The van der Waals surface area contributed by atoms with E-state index < -0.39 is 26.2 Å². The number of piperidine rings is 1. The summed E-state index contributed by atoms with van der Waals surface area (Å²) in [5.74, 6) is 0.673. The number of anilines is 2. The summed E-state index contributed by atoms with van der Waals surface area (Å²) >= 11 is 0. The molecule has 1 atom stereocenters. The van der Waals surface area contributed by atoms with Crippen molar-refractivity contribution in [1.29, 1.82) is 0 Å². The maximum absolute atomic E-state index is 14.7. The van der Waals surface area contributed by atoms with E-state index in [1.165, 1.54) is 0 Å². The Morgan fingerprint density at radius 2 is 1.90 bits per heavy atom. The number of aryl methyl sites for hydroxylation is 2. The summed E-state index contributed by atoms with van der Waals surface area (Å²) in [7, 11) is 0.538. The van der Waals surface area contributed by atoms with Gasteiger partial charge in [0, 0.05) is 88.5 Å². The van der Waals surface area contributed by atoms with Crippen LogP contribution in [-0.4, -0.2) is 88.0 Å². The molecule has 0 spiro atoms. The second-order valence-electron chi connectivity index (χ2n) is 16.0. The quantitative estimate of drug-likeness (QED) is 0.173. The molecule has 6 rings (SSSR count). The molecule has 50 heavy (non-hydrogen) atoms. The van der Waals surface area contributed by atoms with E-state index >= 15 is 0 Å². The molecule has 0 aliphatic carbocycles. The zero-order chi connectivity index (χ0) is 36.0. The minimum absolute atomic E-state index is 0.0269. The number of aromatic nitrogens is 4. The molecule has 5 heterocycles. The maximum Gasteiger partial charge on any atom is 0.410 e. The predicted octanol–water partition coefficient (Wildman–Crippen LogP) is 7.07. The molecule has 0 radical (unpaired) electrons. The average molecular weight is 712 g/mol. The first kappa shape index (κ1) is 36.0. The number of ether oxygens (including phenoxy) is 2. The molecule has 2 amide bonds. The third-order valence-electron chi connectivity index (χ3n) is 9.68. The monoisotopic (exact) mass is 711 g/mol. The summed E-state index contributed by atoms with van der Waals surface area (Å²) in [5.41, 5.74) is 3.92. The van der Waals surface area contributed by atoms with Crippen molar-refractivity contribution in [2.45, 2.75) is 103 Å². The van der Waals surface area contributed by atoms with E-state index in [9.17, 15) is 18.4 Å². The SMILES string of the molecule is Cn1cc(-c2cc3c(cc2C(F)F)N(c2nn(C4CCN(COCC[Si](C)(C)C)C(=O)C4)c4c2CN(C(=O)OC(C)(C)C)CC4)CCC3)cn1. The summed E-state index contributed by atoms with van der Waals surface area (Å²) in [6.07, 6.45) is 3.37. The van der Waals surface area contributed by atoms with Gasteiger partial charge in [0.2, 0.25) is 5.91 Å². The first-order valence-electron chi connectivity index (χ1n) is 17.7. The van der Waals surface area contributed by atoms with Crippen molar-refractivity contribution < 1.29 is 27.8 Å². The van der Waals surface area contributed by atoms with Gasteiger partial charge in [-0.15, -0.1) is 0 Å². The number of carbonyl (C=O) groups is 2. The molecule has 1 aromatic carbocycles. The summed E-state index contributed by atoms with van der Waals surface area (Å²) < 4.78 is 44.6. The number of hydrogen-bond donors (Lipinski definition) is 0. The zero-order valence-corrected chi connectivity index (χ0v) is 31.5. The largest absolute Gasteiger partial charge is 0.444 e. The van der Waals surface area contributed by atoms with Crippen LogP contribution in [0.2, 0.25) is 25.7 Å². The standard InChI is InChI=1S/C36H51F2N7O4Si/c1-36(2,3)49-35(47)42-14-11-30-29(22-42)34(40-45(30)26-10-13-43(32(46)18-26)23-48-15-16-50(5,6)7)44-12-8-9-24-17-27(25-20-39-41(4)21-25)28(33(37)38)19-31(24)44/h17,19-21,26,33H,8-16,18,22-23H2,1-7H3. The van der Waals surface area contributed by atoms with Crippen molar-refractivity contribution in [2.24, 2.45) is 7.05 Å². The molecule has 3 aliphatic rings. The van der Waals surface area contributed by atoms with E-state index in [2.05, 4.69) is 24.7 Å². The number of rotatable bonds is 9. The van der Waals surface area contributed by atoms with Crippen LogP contribution in [-0.2, 0) is 40.7 Å². The Morgan fingerprint density at radius 3 is 2.56 bits per heavy atom. The molecular formula is C36H51F2N7O4Si. The first-order valence-corrected chi connectivity index (χ1v) is 21.4. The second-order valence-corrected chi connectivity index (χ2v) is 21.6. The topological polar surface area (TPSA) is 98.0 Å². The van der Waals surface area contributed by atoms with E-state index in [-0.39, 0.29) is 24.1 Å². The van der Waals surface area contributed by atoms with Gasteiger partial charge in [-0.2, -0.15) is 10.2 Å². The zero-order valence-electron chi connectivity index (χ0n) is 30.5. The molecule has 0 bridgehead atoms. The number of likely N-dealkylation sites (tertiary alicyclic amines) is 1. The van der Waals surface area contributed by atoms with Crippen LogP contribution < -0.4 is 4.90 Å². The molecule has 3 aromatic rings. The van der Waals surface area contributed by atoms with Crippen molar-refractivity contribution in [2.75, 3.05) is 37.9 Å². The van der Waals surface area contributed by atoms with Crippen LogP contribution in [0, 0.1) is 0 Å². The Balaban J connectivity index is 1.33. The molecule has 0 saturated carbocycles. The lowest BCUT2D eigenvalue weighted by Gasteiger charge is -2.34. The Morgan fingerprint density at radius 1 is 1.12 bits per heavy atom. The molecule has 11 nitrogen and oxygen atoms in total. The third-order valence-corrected chi connectivity index (χ3v) is 11.4. The highest BCUT2D eigenvalue weighted by Crippen LogP contribution is 2.44. The molecule has 0 N–H and O–H groups in total. The molecule has 1 saturated heterocycles. The number of carbonyl (C=O) groups excluding carboxylic acids is 2. The van der Waals surface area contributed by atoms with Gasteiger partial charge in [-0.25, -0.2) is 13.6 Å². The fourth-order valence-electron chi connectivity index (χ4n) is 7.05. The van der Waals surface area contributed by atoms with Crippen molar-refractivity contribution in [3.63, 3.8) is 0 Å². The van der Waals surface area contributed by atoms with Crippen LogP contribution in [0.25, 0.3) is 11.1 Å². The summed E-state index contributed by atoms with van der Waals surface area (Å²) in [5, 5.41) is 9.41. The fourth-order valence-corrected chi connectivity index (χ4v) is 7.81. The molecule has 1 fully saturated rings. The molecule has 272 valence electrons. The van der Waals surface area contributed by atoms with Crippen molar-refractivity contribution >= 4 is 31.6 Å². The fraction of sp³-hybridized carbons (Fsp3) is 0.611. The lowest BCUT2D eigenvalue weighted by Crippen LogP contribution is -2.42. The van der Waals surface area contributed by atoms with Gasteiger partial charge in [0.15, 0.2) is 5.82 Å². The molecular weight excluding hydrogens is 661 g/mol. The minimum atomic E-state index is -2.69. The first-order chi connectivity index (χ1) is 23.6. The van der Waals surface area contributed by atoms with Crippen LogP contribution in [0.1, 0.15) is 74.9 Å². The van der Waals surface area contributed by atoms with Gasteiger partial charge in [-0.3, -0.25) is 14.2 Å². The Kier molecular flexibility index (Phi) is 10.1. The maximum atomic E-state index is 14.7. The lowest BCUT2D eigenvalue weighted by atomic mass is 9.92. The molecule has 2 aromatic heterocycles. The predicted molar refractivity (Wildman–Crippen MR) is 190 cm³/mol. The van der Waals surface area contributed by atoms with Gasteiger partial charge in [0.25, 0.3) is 6.43 Å². The average Bonchev–Trinajstić information content (AvgIpc) is 3.64. The van der Waals surface area contributed by atoms with E-state index in [0.717, 1.165) is 35.7 Å². The smallest absolute Gasteiger partial charge is 0.410 e. The number of benzene rings is 1. The van der Waals surface area contributed by atoms with E-state index in [1.807, 2.05) is 36.4 Å². The van der Waals surface area contributed by atoms with Gasteiger partial charge in [0.1, 0.15) is 12.3 Å². The van der Waals surface area contributed by atoms with Crippen LogP contribution >= 0.6 is 0 Å². The molecule has 1 unspecified atom stereocenters. The normalized spacial score (nSPS) is 18.5. The Hall–Kier alpha value is -3.78. The molecule has 14 heteroatoms. The van der Waals surface area contributed by atoms with Crippen molar-refractivity contribution in [3.8, 4) is 11.1 Å². The van der Waals surface area contributed by atoms with Crippen molar-refractivity contribution in [3.05, 3.63) is 46.9 Å². The number of nitrogens with zero attached hydrogens (tertiary/aromatic N) is 7. The van der Waals surface area contributed by atoms with Crippen LogP contribution in [0.5, 0.6) is 0 Å². The number of alkyl halides is 2. The third kappa shape index (κ3) is 7.90. The number of hydrogen-bond acceptors (Lipinski definition) is 7. The summed E-state index contributed by atoms with van der Waals surface area (Å²) in [6, 6.07) is 4.36. The highest BCUT2D eigenvalue weighted by Gasteiger charge is 2.37.